The van der Waals surface area contributed by atoms with Crippen LogP contribution in [-0.2, 0) is 6.54 Å². The third-order valence-electron chi connectivity index (χ3n) is 3.00. The average molecular weight is 271 g/mol. The Hall–Kier alpha value is -2.01. The highest BCUT2D eigenvalue weighted by atomic mass is 15.2. The standard InChI is InChI=1S/C15H21N5/c1-12-9-15(19-13(2)18-12)20(8-4-6-16)11-14-5-3-7-17-10-14/h3,5,7,9-10H,4,6,8,11,16H2,1-2H3. The van der Waals surface area contributed by atoms with Crippen LogP contribution >= 0.6 is 0 Å². The van der Waals surface area contributed by atoms with E-state index in [1.807, 2.05) is 32.2 Å². The van der Waals surface area contributed by atoms with E-state index in [4.69, 9.17) is 5.73 Å². The fourth-order valence-electron chi connectivity index (χ4n) is 2.13. The summed E-state index contributed by atoms with van der Waals surface area (Å²) < 4.78 is 0. The van der Waals surface area contributed by atoms with Crippen LogP contribution < -0.4 is 10.6 Å². The molecule has 0 amide bonds. The molecule has 0 aliphatic rings. The Balaban J connectivity index is 2.22. The van der Waals surface area contributed by atoms with Crippen LogP contribution in [0, 0.1) is 13.8 Å². The van der Waals surface area contributed by atoms with Crippen LogP contribution in [0.25, 0.3) is 0 Å². The van der Waals surface area contributed by atoms with Gasteiger partial charge in [-0.3, -0.25) is 4.98 Å². The minimum absolute atomic E-state index is 0.673. The van der Waals surface area contributed by atoms with Crippen molar-refractivity contribution >= 4 is 5.82 Å². The summed E-state index contributed by atoms with van der Waals surface area (Å²) in [6.45, 7) is 6.24. The lowest BCUT2D eigenvalue weighted by molar-refractivity contribution is 0.720. The molecular formula is C15H21N5. The molecule has 2 heterocycles. The van der Waals surface area contributed by atoms with Gasteiger partial charge in [-0.1, -0.05) is 6.07 Å². The van der Waals surface area contributed by atoms with E-state index >= 15 is 0 Å². The summed E-state index contributed by atoms with van der Waals surface area (Å²) in [5.74, 6) is 1.75. The molecule has 0 spiro atoms. The zero-order valence-electron chi connectivity index (χ0n) is 12.1. The number of aryl methyl sites for hydroxylation is 2. The lowest BCUT2D eigenvalue weighted by Gasteiger charge is -2.24. The van der Waals surface area contributed by atoms with E-state index in [1.54, 1.807) is 6.20 Å². The summed E-state index contributed by atoms with van der Waals surface area (Å²) in [4.78, 5) is 15.3. The number of nitrogens with two attached hydrogens (primary N) is 1. The van der Waals surface area contributed by atoms with Gasteiger partial charge in [0.15, 0.2) is 0 Å². The monoisotopic (exact) mass is 271 g/mol. The molecule has 2 aromatic rings. The summed E-state index contributed by atoms with van der Waals surface area (Å²) in [6.07, 6.45) is 4.60. The van der Waals surface area contributed by atoms with Crippen LogP contribution in [0.2, 0.25) is 0 Å². The average Bonchev–Trinajstić information content (AvgIpc) is 2.43. The van der Waals surface area contributed by atoms with Gasteiger partial charge in [-0.15, -0.1) is 0 Å². The van der Waals surface area contributed by atoms with E-state index in [2.05, 4.69) is 25.9 Å². The minimum Gasteiger partial charge on any atom is -0.352 e. The second kappa shape index (κ2) is 6.96. The molecule has 2 N–H and O–H groups in total. The van der Waals surface area contributed by atoms with Crippen molar-refractivity contribution in [1.29, 1.82) is 0 Å². The molecule has 106 valence electrons. The van der Waals surface area contributed by atoms with E-state index in [9.17, 15) is 0 Å². The zero-order chi connectivity index (χ0) is 14.4. The van der Waals surface area contributed by atoms with Gasteiger partial charge < -0.3 is 10.6 Å². The van der Waals surface area contributed by atoms with E-state index in [1.165, 1.54) is 5.56 Å². The van der Waals surface area contributed by atoms with Gasteiger partial charge in [0.1, 0.15) is 11.6 Å². The molecule has 0 aliphatic carbocycles. The molecule has 0 atom stereocenters. The van der Waals surface area contributed by atoms with Gasteiger partial charge in [0, 0.05) is 37.2 Å². The Morgan fingerprint density at radius 1 is 1.25 bits per heavy atom. The lowest BCUT2D eigenvalue weighted by Crippen LogP contribution is -2.27. The minimum atomic E-state index is 0.673. The predicted octanol–water partition coefficient (Wildman–Crippen LogP) is 1.84. The molecule has 2 rings (SSSR count). The van der Waals surface area contributed by atoms with E-state index < -0.39 is 0 Å². The van der Waals surface area contributed by atoms with Crippen LogP contribution in [0.15, 0.2) is 30.6 Å². The van der Waals surface area contributed by atoms with Crippen LogP contribution in [0.1, 0.15) is 23.5 Å². The van der Waals surface area contributed by atoms with Gasteiger partial charge in [-0.2, -0.15) is 0 Å². The fourth-order valence-corrected chi connectivity index (χ4v) is 2.13. The van der Waals surface area contributed by atoms with Crippen molar-refractivity contribution in [2.45, 2.75) is 26.8 Å². The van der Waals surface area contributed by atoms with Gasteiger partial charge >= 0.3 is 0 Å². The fraction of sp³-hybridized carbons (Fsp3) is 0.400. The molecule has 0 saturated carbocycles. The molecule has 2 aromatic heterocycles. The van der Waals surface area contributed by atoms with Gasteiger partial charge in [0.05, 0.1) is 0 Å². The van der Waals surface area contributed by atoms with Crippen LogP contribution in [0.5, 0.6) is 0 Å². The highest BCUT2D eigenvalue weighted by Crippen LogP contribution is 2.16. The first kappa shape index (κ1) is 14.4. The molecule has 0 fully saturated rings. The van der Waals surface area contributed by atoms with Gasteiger partial charge in [-0.25, -0.2) is 9.97 Å². The van der Waals surface area contributed by atoms with Crippen molar-refractivity contribution in [3.05, 3.63) is 47.7 Å². The Labute approximate surface area is 119 Å². The maximum atomic E-state index is 5.64. The maximum Gasteiger partial charge on any atom is 0.132 e. The Kier molecular flexibility index (Phi) is 5.01. The molecule has 0 bridgehead atoms. The molecule has 0 aliphatic heterocycles. The second-order valence-electron chi connectivity index (χ2n) is 4.84. The first-order valence-corrected chi connectivity index (χ1v) is 6.85. The molecule has 0 aromatic carbocycles. The molecule has 20 heavy (non-hydrogen) atoms. The number of anilines is 1. The predicted molar refractivity (Wildman–Crippen MR) is 80.5 cm³/mol. The number of nitrogens with zero attached hydrogens (tertiary/aromatic N) is 4. The Morgan fingerprint density at radius 2 is 2.10 bits per heavy atom. The quantitative estimate of drug-likeness (QED) is 0.868. The number of aromatic nitrogens is 3. The number of pyridine rings is 1. The highest BCUT2D eigenvalue weighted by Gasteiger charge is 2.10. The smallest absolute Gasteiger partial charge is 0.132 e. The van der Waals surface area contributed by atoms with Gasteiger partial charge in [0.2, 0.25) is 0 Å². The van der Waals surface area contributed by atoms with E-state index in [0.717, 1.165) is 36.8 Å². The molecular weight excluding hydrogens is 250 g/mol. The SMILES string of the molecule is Cc1cc(N(CCCN)Cc2cccnc2)nc(C)n1. The summed E-state index contributed by atoms with van der Waals surface area (Å²) in [5, 5.41) is 0. The van der Waals surface area contributed by atoms with Crippen LogP contribution in [0.4, 0.5) is 5.82 Å². The lowest BCUT2D eigenvalue weighted by atomic mass is 10.2. The summed E-state index contributed by atoms with van der Waals surface area (Å²) in [6, 6.07) is 6.04. The third kappa shape index (κ3) is 3.99. The first-order chi connectivity index (χ1) is 9.69. The summed E-state index contributed by atoms with van der Waals surface area (Å²) in [7, 11) is 0. The Bertz CT molecular complexity index is 521. The number of hydrogen-bond acceptors (Lipinski definition) is 5. The van der Waals surface area contributed by atoms with Gasteiger partial charge in [0.25, 0.3) is 0 Å². The maximum absolute atomic E-state index is 5.64. The van der Waals surface area contributed by atoms with Crippen molar-refractivity contribution in [3.63, 3.8) is 0 Å². The largest absolute Gasteiger partial charge is 0.352 e. The molecule has 5 heteroatoms. The highest BCUT2D eigenvalue weighted by molar-refractivity contribution is 5.40. The Morgan fingerprint density at radius 3 is 2.75 bits per heavy atom. The van der Waals surface area contributed by atoms with Crippen molar-refractivity contribution in [1.82, 2.24) is 15.0 Å². The number of hydrogen-bond donors (Lipinski definition) is 1. The topological polar surface area (TPSA) is 67.9 Å². The second-order valence-corrected chi connectivity index (χ2v) is 4.84. The summed E-state index contributed by atoms with van der Waals surface area (Å²) >= 11 is 0. The molecule has 0 saturated heterocycles. The van der Waals surface area contributed by atoms with E-state index in [-0.39, 0.29) is 0 Å². The zero-order valence-corrected chi connectivity index (χ0v) is 12.1. The van der Waals surface area contributed by atoms with Crippen molar-refractivity contribution in [3.8, 4) is 0 Å². The number of rotatable bonds is 6. The molecule has 5 nitrogen and oxygen atoms in total. The molecule has 0 radical (unpaired) electrons. The normalized spacial score (nSPS) is 10.6. The van der Waals surface area contributed by atoms with Crippen LogP contribution in [-0.4, -0.2) is 28.0 Å². The van der Waals surface area contributed by atoms with Crippen LogP contribution in [0.3, 0.4) is 0 Å². The van der Waals surface area contributed by atoms with Crippen molar-refractivity contribution in [2.75, 3.05) is 18.0 Å². The molecule has 0 unspecified atom stereocenters. The summed E-state index contributed by atoms with van der Waals surface area (Å²) in [5.41, 5.74) is 7.78. The first-order valence-electron chi connectivity index (χ1n) is 6.85. The van der Waals surface area contributed by atoms with E-state index in [0.29, 0.717) is 6.54 Å². The van der Waals surface area contributed by atoms with Crippen molar-refractivity contribution < 1.29 is 0 Å². The van der Waals surface area contributed by atoms with Crippen molar-refractivity contribution in [2.24, 2.45) is 5.73 Å². The van der Waals surface area contributed by atoms with Gasteiger partial charge in [-0.05, 0) is 38.4 Å². The third-order valence-corrected chi connectivity index (χ3v) is 3.00.